The summed E-state index contributed by atoms with van der Waals surface area (Å²) in [5.41, 5.74) is 1.38. The van der Waals surface area contributed by atoms with E-state index in [-0.39, 0.29) is 11.7 Å². The predicted molar refractivity (Wildman–Crippen MR) is 111 cm³/mol. The van der Waals surface area contributed by atoms with Crippen molar-refractivity contribution in [2.45, 2.75) is 47.3 Å². The van der Waals surface area contributed by atoms with Crippen LogP contribution in [0.3, 0.4) is 0 Å². The summed E-state index contributed by atoms with van der Waals surface area (Å²) < 4.78 is 18.6. The Bertz CT molecular complexity index is 743. The van der Waals surface area contributed by atoms with Gasteiger partial charge in [0.1, 0.15) is 18.1 Å². The van der Waals surface area contributed by atoms with Crippen LogP contribution in [-0.2, 0) is 22.6 Å². The molecule has 0 aliphatic heterocycles. The summed E-state index contributed by atoms with van der Waals surface area (Å²) in [5.74, 6) is 1.37. The molecule has 1 aromatic heterocycles. The van der Waals surface area contributed by atoms with E-state index in [2.05, 4.69) is 24.2 Å². The number of hydrogen-bond donors (Lipinski definition) is 0. The van der Waals surface area contributed by atoms with Crippen molar-refractivity contribution in [2.75, 3.05) is 26.4 Å². The Balaban J connectivity index is 1.66. The molecule has 2 rings (SSSR count). The van der Waals surface area contributed by atoms with Crippen LogP contribution in [0.25, 0.3) is 0 Å². The minimum atomic E-state index is -0.0426. The summed E-state index contributed by atoms with van der Waals surface area (Å²) in [6.07, 6.45) is 2.91. The number of Topliss-reactive ketones (excluding diaryl/α,β-unsaturated/α-hetero) is 1. The van der Waals surface area contributed by atoms with E-state index in [0.717, 1.165) is 18.7 Å². The zero-order chi connectivity index (χ0) is 21.1. The molecular formula is C22H33N3O4. The van der Waals surface area contributed by atoms with E-state index >= 15 is 0 Å². The number of carbonyl (C=O) groups is 1. The van der Waals surface area contributed by atoms with Crippen molar-refractivity contribution in [1.29, 1.82) is 0 Å². The van der Waals surface area contributed by atoms with Crippen molar-refractivity contribution >= 4 is 5.78 Å². The number of rotatable bonds is 14. The van der Waals surface area contributed by atoms with Crippen molar-refractivity contribution < 1.29 is 19.0 Å². The molecule has 0 radical (unpaired) electrons. The molecule has 0 aliphatic carbocycles. The van der Waals surface area contributed by atoms with Crippen LogP contribution in [0, 0.1) is 11.8 Å². The van der Waals surface area contributed by atoms with E-state index in [0.29, 0.717) is 50.2 Å². The zero-order valence-electron chi connectivity index (χ0n) is 18.0. The Kier molecular flexibility index (Phi) is 9.80. The Morgan fingerprint density at radius 1 is 1.07 bits per heavy atom. The normalized spacial score (nSPS) is 11.4. The first-order valence-corrected chi connectivity index (χ1v) is 10.3. The van der Waals surface area contributed by atoms with Crippen LogP contribution in [0.5, 0.6) is 5.75 Å². The van der Waals surface area contributed by atoms with E-state index in [9.17, 15) is 4.79 Å². The Labute approximate surface area is 173 Å². The van der Waals surface area contributed by atoms with Gasteiger partial charge in [-0.3, -0.25) is 4.79 Å². The van der Waals surface area contributed by atoms with Crippen LogP contribution in [-0.4, -0.2) is 47.2 Å². The topological polar surface area (TPSA) is 75.5 Å². The first kappa shape index (κ1) is 23.0. The van der Waals surface area contributed by atoms with Crippen LogP contribution in [0.1, 0.15) is 50.2 Å². The molecule has 0 saturated carbocycles. The van der Waals surface area contributed by atoms with Gasteiger partial charge in [-0.15, -0.1) is 5.10 Å². The van der Waals surface area contributed by atoms with Crippen LogP contribution in [0.15, 0.2) is 30.5 Å². The lowest BCUT2D eigenvalue weighted by Gasteiger charge is -2.08. The molecule has 0 atom stereocenters. The molecule has 7 nitrogen and oxygen atoms in total. The summed E-state index contributed by atoms with van der Waals surface area (Å²) in [6, 6.07) is 7.23. The van der Waals surface area contributed by atoms with Crippen molar-refractivity contribution in [2.24, 2.45) is 11.8 Å². The van der Waals surface area contributed by atoms with Gasteiger partial charge < -0.3 is 14.2 Å². The standard InChI is InChI=1S/C22H33N3O4/c1-17(2)8-10-27-12-13-28-11-9-25-15-20(23-24-25)16-29-21-7-5-6-19(14-21)22(26)18(3)4/h5-7,14-15,17-18H,8-13,16H2,1-4H3. The highest BCUT2D eigenvalue weighted by atomic mass is 16.5. The Hall–Kier alpha value is -2.25. The number of aromatic nitrogens is 3. The van der Waals surface area contributed by atoms with Gasteiger partial charge in [-0.05, 0) is 24.5 Å². The zero-order valence-corrected chi connectivity index (χ0v) is 18.0. The molecule has 7 heteroatoms. The van der Waals surface area contributed by atoms with Gasteiger partial charge in [0.2, 0.25) is 0 Å². The second kappa shape index (κ2) is 12.3. The van der Waals surface area contributed by atoms with Crippen molar-refractivity contribution in [3.8, 4) is 5.75 Å². The first-order valence-electron chi connectivity index (χ1n) is 10.3. The van der Waals surface area contributed by atoms with Crippen molar-refractivity contribution in [3.05, 3.63) is 41.7 Å². The van der Waals surface area contributed by atoms with Crippen LogP contribution in [0.4, 0.5) is 0 Å². The molecule has 0 amide bonds. The number of ketones is 1. The van der Waals surface area contributed by atoms with Gasteiger partial charge in [-0.1, -0.05) is 45.0 Å². The quantitative estimate of drug-likeness (QED) is 0.353. The smallest absolute Gasteiger partial charge is 0.165 e. The highest BCUT2D eigenvalue weighted by Gasteiger charge is 2.11. The third-order valence-corrected chi connectivity index (χ3v) is 4.29. The lowest BCUT2D eigenvalue weighted by molar-refractivity contribution is 0.0404. The van der Waals surface area contributed by atoms with Gasteiger partial charge in [0.05, 0.1) is 32.6 Å². The number of benzene rings is 1. The highest BCUT2D eigenvalue weighted by Crippen LogP contribution is 2.17. The molecule has 0 saturated heterocycles. The third kappa shape index (κ3) is 8.75. The number of hydrogen-bond acceptors (Lipinski definition) is 6. The van der Waals surface area contributed by atoms with Gasteiger partial charge >= 0.3 is 0 Å². The summed E-state index contributed by atoms with van der Waals surface area (Å²) in [7, 11) is 0. The molecule has 29 heavy (non-hydrogen) atoms. The van der Waals surface area contributed by atoms with E-state index < -0.39 is 0 Å². The second-order valence-electron chi connectivity index (χ2n) is 7.72. The summed E-state index contributed by atoms with van der Waals surface area (Å²) in [6.45, 7) is 11.6. The first-order chi connectivity index (χ1) is 14.0. The second-order valence-corrected chi connectivity index (χ2v) is 7.72. The minimum Gasteiger partial charge on any atom is -0.487 e. The molecule has 0 fully saturated rings. The van der Waals surface area contributed by atoms with Gasteiger partial charge in [-0.2, -0.15) is 0 Å². The molecule has 0 spiro atoms. The van der Waals surface area contributed by atoms with E-state index in [1.165, 1.54) is 0 Å². The van der Waals surface area contributed by atoms with Gasteiger partial charge in [0, 0.05) is 18.1 Å². The maximum absolute atomic E-state index is 12.1. The van der Waals surface area contributed by atoms with Crippen molar-refractivity contribution in [1.82, 2.24) is 15.0 Å². The SMILES string of the molecule is CC(C)CCOCCOCCn1cc(COc2cccc(C(=O)C(C)C)c2)nn1. The van der Waals surface area contributed by atoms with Crippen LogP contribution >= 0.6 is 0 Å². The average molecular weight is 404 g/mol. The highest BCUT2D eigenvalue weighted by molar-refractivity contribution is 5.97. The van der Waals surface area contributed by atoms with Gasteiger partial charge in [0.25, 0.3) is 0 Å². The van der Waals surface area contributed by atoms with E-state index in [1.807, 2.05) is 32.2 Å². The summed E-state index contributed by atoms with van der Waals surface area (Å²) >= 11 is 0. The fourth-order valence-electron chi connectivity index (χ4n) is 2.54. The molecule has 1 heterocycles. The molecule has 0 aliphatic rings. The Morgan fingerprint density at radius 2 is 1.83 bits per heavy atom. The maximum Gasteiger partial charge on any atom is 0.165 e. The molecule has 1 aromatic carbocycles. The van der Waals surface area contributed by atoms with Gasteiger partial charge in [0.15, 0.2) is 5.78 Å². The van der Waals surface area contributed by atoms with Crippen molar-refractivity contribution in [3.63, 3.8) is 0 Å². The fourth-order valence-corrected chi connectivity index (χ4v) is 2.54. The largest absolute Gasteiger partial charge is 0.487 e. The lowest BCUT2D eigenvalue weighted by Crippen LogP contribution is -2.11. The fraction of sp³-hybridized carbons (Fsp3) is 0.591. The molecule has 0 unspecified atom stereocenters. The van der Waals surface area contributed by atoms with E-state index in [4.69, 9.17) is 14.2 Å². The monoisotopic (exact) mass is 403 g/mol. The lowest BCUT2D eigenvalue weighted by atomic mass is 10.0. The Morgan fingerprint density at radius 3 is 2.55 bits per heavy atom. The number of nitrogens with zero attached hydrogens (tertiary/aromatic N) is 3. The number of ether oxygens (including phenoxy) is 3. The summed E-state index contributed by atoms with van der Waals surface area (Å²) in [4.78, 5) is 12.1. The number of carbonyl (C=O) groups excluding carboxylic acids is 1. The molecule has 2 aromatic rings. The molecule has 0 N–H and O–H groups in total. The summed E-state index contributed by atoms with van der Waals surface area (Å²) in [5, 5.41) is 8.20. The maximum atomic E-state index is 12.1. The minimum absolute atomic E-state index is 0.0426. The molecular weight excluding hydrogens is 370 g/mol. The van der Waals surface area contributed by atoms with Crippen LogP contribution < -0.4 is 4.74 Å². The third-order valence-electron chi connectivity index (χ3n) is 4.29. The van der Waals surface area contributed by atoms with Crippen LogP contribution in [0.2, 0.25) is 0 Å². The average Bonchev–Trinajstić information content (AvgIpc) is 3.15. The molecule has 0 bridgehead atoms. The molecule has 160 valence electrons. The van der Waals surface area contributed by atoms with E-state index in [1.54, 1.807) is 16.8 Å². The predicted octanol–water partition coefficient (Wildman–Crippen LogP) is 3.78. The van der Waals surface area contributed by atoms with Gasteiger partial charge in [-0.25, -0.2) is 4.68 Å².